The Morgan fingerprint density at radius 2 is 1.59 bits per heavy atom. The zero-order chi connectivity index (χ0) is 28.2. The Bertz CT molecular complexity index is 1400. The third kappa shape index (κ3) is 6.64. The molecule has 0 radical (unpaired) electrons. The Labute approximate surface area is 235 Å². The summed E-state index contributed by atoms with van der Waals surface area (Å²) in [5.74, 6) is 0.521. The molecule has 1 aromatic heterocycles. The highest BCUT2D eigenvalue weighted by molar-refractivity contribution is 6.74. The molecule has 0 aliphatic carbocycles. The van der Waals surface area contributed by atoms with Gasteiger partial charge >= 0.3 is 0 Å². The summed E-state index contributed by atoms with van der Waals surface area (Å²) in [7, 11) is -1.75. The maximum atomic E-state index is 16.1. The van der Waals surface area contributed by atoms with E-state index in [1.54, 1.807) is 0 Å². The quantitative estimate of drug-likeness (QED) is 0.138. The van der Waals surface area contributed by atoms with Gasteiger partial charge in [-0.25, -0.2) is 4.39 Å². The molecular weight excluding hydrogens is 501 g/mol. The zero-order valence-electron chi connectivity index (χ0n) is 24.7. The number of benzene rings is 3. The van der Waals surface area contributed by atoms with Crippen LogP contribution in [0.4, 0.5) is 4.39 Å². The molecule has 0 fully saturated rings. The van der Waals surface area contributed by atoms with Crippen LogP contribution < -0.4 is 4.74 Å². The molecule has 0 atom stereocenters. The van der Waals surface area contributed by atoms with Crippen molar-refractivity contribution in [2.75, 3.05) is 13.2 Å². The second kappa shape index (κ2) is 12.1. The van der Waals surface area contributed by atoms with E-state index in [1.807, 2.05) is 49.4 Å². The molecule has 39 heavy (non-hydrogen) atoms. The van der Waals surface area contributed by atoms with E-state index in [0.717, 1.165) is 48.1 Å². The van der Waals surface area contributed by atoms with Gasteiger partial charge < -0.3 is 13.7 Å². The summed E-state index contributed by atoms with van der Waals surface area (Å²) < 4.78 is 30.5. The fourth-order valence-corrected chi connectivity index (χ4v) is 5.66. The second-order valence-corrected chi connectivity index (χ2v) is 16.9. The van der Waals surface area contributed by atoms with Crippen molar-refractivity contribution in [2.24, 2.45) is 0 Å². The minimum atomic E-state index is -1.75. The predicted octanol–water partition coefficient (Wildman–Crippen LogP) is 9.55. The number of ether oxygens (including phenoxy) is 1. The van der Waals surface area contributed by atoms with Crippen molar-refractivity contribution in [1.82, 2.24) is 4.57 Å². The molecule has 0 aliphatic heterocycles. The first-order chi connectivity index (χ1) is 18.5. The molecule has 3 aromatic carbocycles. The van der Waals surface area contributed by atoms with Gasteiger partial charge in [-0.3, -0.25) is 0 Å². The van der Waals surface area contributed by atoms with Gasteiger partial charge in [0.15, 0.2) is 14.1 Å². The standard InChI is InChI=1S/C34H44FNO2Si/c1-8-9-21-37-28-18-19-31-30(23-28)32(35)33(29-13-11-10-12-25(29)2)36(31)24-27-16-14-26(15-17-27)20-22-38-39(6,7)34(3,4)5/h10-19,23H,8-9,20-22,24H2,1-7H3. The second-order valence-electron chi connectivity index (χ2n) is 12.1. The SMILES string of the molecule is CCCCOc1ccc2c(c1)c(F)c(-c1ccccc1C)n2Cc1ccc(CCO[Si](C)(C)C(C)(C)C)cc1. The van der Waals surface area contributed by atoms with Gasteiger partial charge in [0.1, 0.15) is 5.75 Å². The van der Waals surface area contributed by atoms with Crippen molar-refractivity contribution < 1.29 is 13.6 Å². The minimum absolute atomic E-state index is 0.195. The lowest BCUT2D eigenvalue weighted by Crippen LogP contribution is -2.41. The maximum Gasteiger partial charge on any atom is 0.191 e. The van der Waals surface area contributed by atoms with Crippen molar-refractivity contribution in [3.63, 3.8) is 0 Å². The number of unbranched alkanes of at least 4 members (excludes halogenated alkanes) is 1. The number of nitrogens with zero attached hydrogens (tertiary/aromatic N) is 1. The average Bonchev–Trinajstić information content (AvgIpc) is 3.15. The van der Waals surface area contributed by atoms with Crippen LogP contribution in [0.15, 0.2) is 66.7 Å². The van der Waals surface area contributed by atoms with Crippen LogP contribution in [-0.4, -0.2) is 26.1 Å². The molecular formula is C34H44FNO2Si. The summed E-state index contributed by atoms with van der Waals surface area (Å²) in [5, 5.41) is 0.810. The van der Waals surface area contributed by atoms with E-state index in [1.165, 1.54) is 5.56 Å². The van der Waals surface area contributed by atoms with E-state index in [4.69, 9.17) is 9.16 Å². The van der Waals surface area contributed by atoms with Gasteiger partial charge in [-0.1, -0.05) is 82.6 Å². The topological polar surface area (TPSA) is 23.4 Å². The van der Waals surface area contributed by atoms with Gasteiger partial charge in [0.2, 0.25) is 0 Å². The van der Waals surface area contributed by atoms with Crippen LogP contribution in [0.5, 0.6) is 5.75 Å². The lowest BCUT2D eigenvalue weighted by Gasteiger charge is -2.36. The molecule has 0 N–H and O–H groups in total. The minimum Gasteiger partial charge on any atom is -0.494 e. The highest BCUT2D eigenvalue weighted by Crippen LogP contribution is 2.37. The van der Waals surface area contributed by atoms with Crippen LogP contribution in [-0.2, 0) is 17.4 Å². The largest absolute Gasteiger partial charge is 0.494 e. The van der Waals surface area contributed by atoms with Gasteiger partial charge in [0, 0.05) is 24.1 Å². The number of rotatable bonds is 11. The number of aryl methyl sites for hydroxylation is 1. The molecule has 4 aromatic rings. The van der Waals surface area contributed by atoms with Crippen LogP contribution in [0.1, 0.15) is 57.2 Å². The number of halogens is 1. The molecule has 3 nitrogen and oxygen atoms in total. The Kier molecular flexibility index (Phi) is 9.02. The van der Waals surface area contributed by atoms with Crippen LogP contribution in [0, 0.1) is 12.7 Å². The van der Waals surface area contributed by atoms with E-state index in [0.29, 0.717) is 30.0 Å². The fourth-order valence-electron chi connectivity index (χ4n) is 4.62. The van der Waals surface area contributed by atoms with Crippen LogP contribution in [0.2, 0.25) is 18.1 Å². The molecule has 5 heteroatoms. The molecule has 208 valence electrons. The predicted molar refractivity (Wildman–Crippen MR) is 165 cm³/mol. The van der Waals surface area contributed by atoms with E-state index in [2.05, 4.69) is 69.6 Å². The van der Waals surface area contributed by atoms with Gasteiger partial charge in [0.25, 0.3) is 0 Å². The van der Waals surface area contributed by atoms with Gasteiger partial charge in [-0.2, -0.15) is 0 Å². The van der Waals surface area contributed by atoms with Gasteiger partial charge in [0.05, 0.1) is 17.8 Å². The number of hydrogen-bond donors (Lipinski definition) is 0. The summed E-state index contributed by atoms with van der Waals surface area (Å²) in [4.78, 5) is 0. The summed E-state index contributed by atoms with van der Waals surface area (Å²) in [6.07, 6.45) is 2.93. The third-order valence-corrected chi connectivity index (χ3v) is 12.7. The van der Waals surface area contributed by atoms with Crippen LogP contribution in [0.25, 0.3) is 22.2 Å². The maximum absolute atomic E-state index is 16.1. The van der Waals surface area contributed by atoms with Crippen LogP contribution in [0.3, 0.4) is 0 Å². The first-order valence-electron chi connectivity index (χ1n) is 14.2. The molecule has 0 bridgehead atoms. The highest BCUT2D eigenvalue weighted by Gasteiger charge is 2.36. The Morgan fingerprint density at radius 1 is 0.897 bits per heavy atom. The monoisotopic (exact) mass is 545 g/mol. The van der Waals surface area contributed by atoms with Gasteiger partial charge in [-0.15, -0.1) is 0 Å². The molecule has 0 saturated carbocycles. The lowest BCUT2D eigenvalue weighted by atomic mass is 10.0. The van der Waals surface area contributed by atoms with Gasteiger partial charge in [-0.05, 0) is 72.8 Å². The molecule has 0 amide bonds. The van der Waals surface area contributed by atoms with E-state index < -0.39 is 8.32 Å². The fraction of sp³-hybridized carbons (Fsp3) is 0.412. The Hall–Kier alpha value is -2.89. The van der Waals surface area contributed by atoms with Crippen molar-refractivity contribution >= 4 is 19.2 Å². The Balaban J connectivity index is 1.61. The number of aromatic nitrogens is 1. The van der Waals surface area contributed by atoms with Crippen molar-refractivity contribution in [1.29, 1.82) is 0 Å². The summed E-state index contributed by atoms with van der Waals surface area (Å²) >= 11 is 0. The smallest absolute Gasteiger partial charge is 0.191 e. The van der Waals surface area contributed by atoms with Crippen molar-refractivity contribution in [2.45, 2.75) is 78.6 Å². The van der Waals surface area contributed by atoms with Crippen LogP contribution >= 0.6 is 0 Å². The van der Waals surface area contributed by atoms with E-state index >= 15 is 4.39 Å². The average molecular weight is 546 g/mol. The normalized spacial score (nSPS) is 12.3. The number of fused-ring (bicyclic) bond motifs is 1. The van der Waals surface area contributed by atoms with Crippen molar-refractivity contribution in [3.05, 3.63) is 89.2 Å². The summed E-state index contributed by atoms with van der Waals surface area (Å²) in [6, 6.07) is 22.5. The zero-order valence-corrected chi connectivity index (χ0v) is 25.7. The summed E-state index contributed by atoms with van der Waals surface area (Å²) in [6.45, 7) is 17.5. The van der Waals surface area contributed by atoms with E-state index in [9.17, 15) is 0 Å². The molecule has 4 rings (SSSR count). The molecule has 0 aliphatic rings. The molecule has 0 saturated heterocycles. The Morgan fingerprint density at radius 3 is 2.26 bits per heavy atom. The number of hydrogen-bond acceptors (Lipinski definition) is 2. The first kappa shape index (κ1) is 29.1. The summed E-state index contributed by atoms with van der Waals surface area (Å²) in [5.41, 5.74) is 5.87. The third-order valence-electron chi connectivity index (χ3n) is 8.16. The highest BCUT2D eigenvalue weighted by atomic mass is 28.4. The first-order valence-corrected chi connectivity index (χ1v) is 17.1. The molecule has 0 spiro atoms. The van der Waals surface area contributed by atoms with Crippen molar-refractivity contribution in [3.8, 4) is 17.0 Å². The lowest BCUT2D eigenvalue weighted by molar-refractivity contribution is 0.292. The van der Waals surface area contributed by atoms with E-state index in [-0.39, 0.29) is 10.9 Å². The molecule has 0 unspecified atom stereocenters. The molecule has 1 heterocycles.